The molecule has 3 rings (SSSR count). The molecule has 0 bridgehead atoms. The number of hydrogen-bond donors (Lipinski definition) is 2. The smallest absolute Gasteiger partial charge is 0.191 e. The third kappa shape index (κ3) is 5.70. The summed E-state index contributed by atoms with van der Waals surface area (Å²) in [7, 11) is 0. The van der Waals surface area contributed by atoms with Crippen molar-refractivity contribution in [2.45, 2.75) is 39.3 Å². The lowest BCUT2D eigenvalue weighted by Crippen LogP contribution is -2.51. The van der Waals surface area contributed by atoms with Crippen LogP contribution < -0.4 is 15.5 Å². The van der Waals surface area contributed by atoms with Crippen LogP contribution in [0.2, 0.25) is 0 Å². The highest BCUT2D eigenvalue weighted by Gasteiger charge is 2.21. The van der Waals surface area contributed by atoms with Crippen LogP contribution in [-0.2, 0) is 6.54 Å². The molecule has 6 nitrogen and oxygen atoms in total. The Balaban J connectivity index is 1.57. The van der Waals surface area contributed by atoms with Gasteiger partial charge < -0.3 is 15.5 Å². The van der Waals surface area contributed by atoms with Gasteiger partial charge in [0, 0.05) is 37.6 Å². The van der Waals surface area contributed by atoms with E-state index in [0.29, 0.717) is 6.54 Å². The van der Waals surface area contributed by atoms with Crippen molar-refractivity contribution in [3.05, 3.63) is 48.0 Å². The van der Waals surface area contributed by atoms with Gasteiger partial charge in [0.25, 0.3) is 0 Å². The standard InChI is InChI=1S/C20H29FN6/c1-3-22-20(23-9-11-27-14-16(2)13-24-27)25-18-7-5-10-26(15-18)19-8-4-6-17(21)12-19/h4,6,8,12-14,18H,3,5,7,9-11,15H2,1-2H3,(H2,22,23,25). The Labute approximate surface area is 160 Å². The number of piperidine rings is 1. The largest absolute Gasteiger partial charge is 0.369 e. The molecule has 2 aromatic rings. The van der Waals surface area contributed by atoms with E-state index in [4.69, 9.17) is 0 Å². The second kappa shape index (κ2) is 9.39. The van der Waals surface area contributed by atoms with E-state index >= 15 is 0 Å². The van der Waals surface area contributed by atoms with Crippen molar-refractivity contribution in [1.82, 2.24) is 20.4 Å². The second-order valence-corrected chi connectivity index (χ2v) is 6.95. The highest BCUT2D eigenvalue weighted by Crippen LogP contribution is 2.20. The van der Waals surface area contributed by atoms with Crippen molar-refractivity contribution in [1.29, 1.82) is 0 Å². The molecular weight excluding hydrogens is 343 g/mol. The van der Waals surface area contributed by atoms with Gasteiger partial charge in [0.15, 0.2) is 5.96 Å². The Bertz CT molecular complexity index is 756. The number of anilines is 1. The normalized spacial score (nSPS) is 17.8. The van der Waals surface area contributed by atoms with E-state index in [2.05, 4.69) is 32.5 Å². The zero-order chi connectivity index (χ0) is 19.1. The Morgan fingerprint density at radius 2 is 2.30 bits per heavy atom. The van der Waals surface area contributed by atoms with Gasteiger partial charge in [-0.2, -0.15) is 5.10 Å². The lowest BCUT2D eigenvalue weighted by Gasteiger charge is -2.35. The monoisotopic (exact) mass is 372 g/mol. The molecule has 0 spiro atoms. The number of aromatic nitrogens is 2. The third-order valence-corrected chi connectivity index (χ3v) is 4.64. The molecule has 7 heteroatoms. The number of hydrogen-bond acceptors (Lipinski definition) is 3. The van der Waals surface area contributed by atoms with Crippen molar-refractivity contribution in [2.75, 3.05) is 31.1 Å². The molecule has 1 aromatic carbocycles. The van der Waals surface area contributed by atoms with Gasteiger partial charge in [0.05, 0.1) is 19.3 Å². The molecule has 27 heavy (non-hydrogen) atoms. The van der Waals surface area contributed by atoms with Gasteiger partial charge in [-0.1, -0.05) is 6.07 Å². The Morgan fingerprint density at radius 3 is 3.04 bits per heavy atom. The summed E-state index contributed by atoms with van der Waals surface area (Å²) >= 11 is 0. The third-order valence-electron chi connectivity index (χ3n) is 4.64. The molecule has 0 amide bonds. The van der Waals surface area contributed by atoms with Crippen LogP contribution in [0.3, 0.4) is 0 Å². The molecule has 1 aliphatic heterocycles. The van der Waals surface area contributed by atoms with Crippen LogP contribution in [0.15, 0.2) is 41.7 Å². The highest BCUT2D eigenvalue weighted by molar-refractivity contribution is 5.80. The molecule has 1 saturated heterocycles. The fourth-order valence-electron chi connectivity index (χ4n) is 3.37. The molecular formula is C20H29FN6. The number of aryl methyl sites for hydroxylation is 1. The first-order valence-electron chi connectivity index (χ1n) is 9.68. The molecule has 0 radical (unpaired) electrons. The van der Waals surface area contributed by atoms with Crippen molar-refractivity contribution in [3.8, 4) is 0 Å². The first kappa shape index (κ1) is 19.2. The molecule has 146 valence electrons. The number of guanidine groups is 1. The summed E-state index contributed by atoms with van der Waals surface area (Å²) in [6.07, 6.45) is 6.03. The average Bonchev–Trinajstić information content (AvgIpc) is 3.07. The molecule has 1 aliphatic rings. The maximum atomic E-state index is 13.5. The molecule has 1 aromatic heterocycles. The lowest BCUT2D eigenvalue weighted by atomic mass is 10.0. The minimum Gasteiger partial charge on any atom is -0.369 e. The van der Waals surface area contributed by atoms with Gasteiger partial charge in [-0.05, 0) is 50.5 Å². The Hall–Kier alpha value is -2.57. The molecule has 1 atom stereocenters. The highest BCUT2D eigenvalue weighted by atomic mass is 19.1. The van der Waals surface area contributed by atoms with Crippen molar-refractivity contribution < 1.29 is 4.39 Å². The van der Waals surface area contributed by atoms with E-state index in [-0.39, 0.29) is 11.9 Å². The number of nitrogens with one attached hydrogen (secondary N) is 2. The zero-order valence-electron chi connectivity index (χ0n) is 16.2. The minimum absolute atomic E-state index is 0.189. The number of aliphatic imine (C=N–C) groups is 1. The van der Waals surface area contributed by atoms with Gasteiger partial charge in [-0.15, -0.1) is 0 Å². The molecule has 2 heterocycles. The van der Waals surface area contributed by atoms with E-state index in [1.807, 2.05) is 30.1 Å². The maximum Gasteiger partial charge on any atom is 0.191 e. The lowest BCUT2D eigenvalue weighted by molar-refractivity contribution is 0.467. The van der Waals surface area contributed by atoms with Crippen LogP contribution in [0.25, 0.3) is 0 Å². The van der Waals surface area contributed by atoms with Crippen molar-refractivity contribution in [2.24, 2.45) is 4.99 Å². The molecule has 2 N–H and O–H groups in total. The fourth-order valence-corrected chi connectivity index (χ4v) is 3.37. The summed E-state index contributed by atoms with van der Waals surface area (Å²) < 4.78 is 15.4. The van der Waals surface area contributed by atoms with Crippen LogP contribution in [0.5, 0.6) is 0 Å². The number of halogens is 1. The maximum absolute atomic E-state index is 13.5. The fraction of sp³-hybridized carbons (Fsp3) is 0.500. The van der Waals surface area contributed by atoms with Crippen molar-refractivity contribution >= 4 is 11.6 Å². The second-order valence-electron chi connectivity index (χ2n) is 6.95. The van der Waals surface area contributed by atoms with Crippen molar-refractivity contribution in [3.63, 3.8) is 0 Å². The van der Waals surface area contributed by atoms with Gasteiger partial charge >= 0.3 is 0 Å². The molecule has 0 saturated carbocycles. The summed E-state index contributed by atoms with van der Waals surface area (Å²) in [6, 6.07) is 7.11. The van der Waals surface area contributed by atoms with Crippen LogP contribution in [0, 0.1) is 12.7 Å². The van der Waals surface area contributed by atoms with Crippen LogP contribution in [-0.4, -0.2) is 48.0 Å². The summed E-state index contributed by atoms with van der Waals surface area (Å²) in [5.41, 5.74) is 2.10. The first-order chi connectivity index (χ1) is 13.1. The summed E-state index contributed by atoms with van der Waals surface area (Å²) in [5.74, 6) is 0.638. The SMILES string of the molecule is CCNC(=NCCn1cc(C)cn1)NC1CCCN(c2cccc(F)c2)C1. The molecule has 1 unspecified atom stereocenters. The number of nitrogens with zero attached hydrogens (tertiary/aromatic N) is 4. The van der Waals surface area contributed by atoms with Crippen LogP contribution >= 0.6 is 0 Å². The number of rotatable bonds is 6. The predicted octanol–water partition coefficient (Wildman–Crippen LogP) is 2.55. The van der Waals surface area contributed by atoms with Gasteiger partial charge in [-0.25, -0.2) is 4.39 Å². The Kier molecular flexibility index (Phi) is 6.68. The molecule has 1 fully saturated rings. The van der Waals surface area contributed by atoms with E-state index in [9.17, 15) is 4.39 Å². The van der Waals surface area contributed by atoms with E-state index in [1.165, 1.54) is 6.07 Å². The van der Waals surface area contributed by atoms with Crippen LogP contribution in [0.4, 0.5) is 10.1 Å². The van der Waals surface area contributed by atoms with E-state index in [0.717, 1.165) is 56.2 Å². The number of benzene rings is 1. The van der Waals surface area contributed by atoms with E-state index < -0.39 is 0 Å². The first-order valence-corrected chi connectivity index (χ1v) is 9.68. The zero-order valence-corrected chi connectivity index (χ0v) is 16.2. The van der Waals surface area contributed by atoms with Gasteiger partial charge in [0.1, 0.15) is 5.82 Å². The minimum atomic E-state index is -0.189. The Morgan fingerprint density at radius 1 is 1.41 bits per heavy atom. The van der Waals surface area contributed by atoms with E-state index in [1.54, 1.807) is 12.1 Å². The van der Waals surface area contributed by atoms with Crippen LogP contribution in [0.1, 0.15) is 25.3 Å². The van der Waals surface area contributed by atoms with Gasteiger partial charge in [0.2, 0.25) is 0 Å². The quantitative estimate of drug-likeness (QED) is 0.604. The molecule has 0 aliphatic carbocycles. The topological polar surface area (TPSA) is 57.5 Å². The average molecular weight is 372 g/mol. The summed E-state index contributed by atoms with van der Waals surface area (Å²) in [6.45, 7) is 8.12. The summed E-state index contributed by atoms with van der Waals surface area (Å²) in [5, 5.41) is 11.1. The van der Waals surface area contributed by atoms with Gasteiger partial charge in [-0.3, -0.25) is 9.67 Å². The predicted molar refractivity (Wildman–Crippen MR) is 108 cm³/mol. The summed E-state index contributed by atoms with van der Waals surface area (Å²) in [4.78, 5) is 6.92.